The van der Waals surface area contributed by atoms with Gasteiger partial charge in [-0.15, -0.1) is 0 Å². The number of unbranched alkanes of at least 4 members (excludes halogenated alkanes) is 3. The number of hydrogen-bond donors (Lipinski definition) is 0. The Labute approximate surface area is 194 Å². The third-order valence-electron chi connectivity index (χ3n) is 8.14. The number of benzene rings is 2. The maximum atomic E-state index is 14.6. The molecule has 2 aliphatic carbocycles. The Bertz CT molecular complexity index is 901. The Kier molecular flexibility index (Phi) is 8.27. The molecule has 0 radical (unpaired) electrons. The standard InChI is InChI=1S/C30H41FO/c1-3-5-7-8-9-22-10-11-24-18-25(13-12-23(24)17-22)26-14-15-27-21-30(32-16-6-4-2)29(31)20-28(27)19-26/h4,6,14-15,19-25H,3,5,7-13,16-18H2,1-2H3. The second-order valence-corrected chi connectivity index (χ2v) is 10.3. The van der Waals surface area contributed by atoms with Gasteiger partial charge in [-0.2, -0.15) is 0 Å². The summed E-state index contributed by atoms with van der Waals surface area (Å²) in [5, 5.41) is 2.05. The van der Waals surface area contributed by atoms with Gasteiger partial charge in [-0.1, -0.05) is 75.8 Å². The molecular weight excluding hydrogens is 395 g/mol. The van der Waals surface area contributed by atoms with Crippen molar-refractivity contribution in [3.05, 3.63) is 53.9 Å². The summed E-state index contributed by atoms with van der Waals surface area (Å²) < 4.78 is 20.1. The largest absolute Gasteiger partial charge is 0.486 e. The monoisotopic (exact) mass is 436 g/mol. The molecule has 0 amide bonds. The molecule has 4 rings (SSSR count). The first kappa shape index (κ1) is 23.3. The van der Waals surface area contributed by atoms with Crippen LogP contribution in [-0.4, -0.2) is 6.61 Å². The van der Waals surface area contributed by atoms with Crippen molar-refractivity contribution in [2.45, 2.75) is 90.4 Å². The fourth-order valence-corrected chi connectivity index (χ4v) is 6.28. The van der Waals surface area contributed by atoms with E-state index in [1.807, 2.05) is 25.1 Å². The van der Waals surface area contributed by atoms with E-state index in [1.54, 1.807) is 6.07 Å². The minimum Gasteiger partial charge on any atom is -0.486 e. The van der Waals surface area contributed by atoms with Gasteiger partial charge in [-0.3, -0.25) is 0 Å². The topological polar surface area (TPSA) is 9.23 Å². The molecule has 0 heterocycles. The summed E-state index contributed by atoms with van der Waals surface area (Å²) in [6.45, 7) is 4.64. The first-order chi connectivity index (χ1) is 15.7. The lowest BCUT2D eigenvalue weighted by Gasteiger charge is -2.42. The van der Waals surface area contributed by atoms with Gasteiger partial charge in [0.15, 0.2) is 11.6 Å². The van der Waals surface area contributed by atoms with Gasteiger partial charge in [0, 0.05) is 0 Å². The van der Waals surface area contributed by atoms with E-state index in [0.29, 0.717) is 18.3 Å². The lowest BCUT2D eigenvalue weighted by atomic mass is 9.63. The van der Waals surface area contributed by atoms with Gasteiger partial charge >= 0.3 is 0 Å². The van der Waals surface area contributed by atoms with E-state index in [4.69, 9.17) is 4.74 Å². The molecule has 2 aliphatic rings. The molecule has 4 atom stereocenters. The van der Waals surface area contributed by atoms with Crippen LogP contribution in [-0.2, 0) is 0 Å². The summed E-state index contributed by atoms with van der Waals surface area (Å²) >= 11 is 0. The van der Waals surface area contributed by atoms with E-state index in [-0.39, 0.29) is 5.82 Å². The maximum absolute atomic E-state index is 14.6. The zero-order valence-electron chi connectivity index (χ0n) is 20.1. The molecule has 2 fully saturated rings. The first-order valence-corrected chi connectivity index (χ1v) is 13.1. The molecule has 0 bridgehead atoms. The van der Waals surface area contributed by atoms with Gasteiger partial charge in [-0.05, 0) is 91.2 Å². The number of allylic oxidation sites excluding steroid dienone is 1. The van der Waals surface area contributed by atoms with Crippen molar-refractivity contribution in [1.82, 2.24) is 0 Å². The first-order valence-electron chi connectivity index (χ1n) is 13.1. The zero-order chi connectivity index (χ0) is 22.3. The number of hydrogen-bond acceptors (Lipinski definition) is 1. The molecule has 0 aliphatic heterocycles. The van der Waals surface area contributed by atoms with E-state index in [1.165, 1.54) is 76.2 Å². The molecular formula is C30H41FO. The van der Waals surface area contributed by atoms with Crippen molar-refractivity contribution >= 4 is 10.8 Å². The van der Waals surface area contributed by atoms with Gasteiger partial charge in [0.2, 0.25) is 0 Å². The Morgan fingerprint density at radius 2 is 1.78 bits per heavy atom. The van der Waals surface area contributed by atoms with Gasteiger partial charge in [-0.25, -0.2) is 4.39 Å². The molecule has 1 nitrogen and oxygen atoms in total. The number of halogens is 1. The highest BCUT2D eigenvalue weighted by Gasteiger charge is 2.35. The van der Waals surface area contributed by atoms with Crippen LogP contribution in [0.3, 0.4) is 0 Å². The van der Waals surface area contributed by atoms with E-state index in [9.17, 15) is 4.39 Å². The number of fused-ring (bicyclic) bond motifs is 2. The molecule has 0 saturated heterocycles. The highest BCUT2D eigenvalue weighted by atomic mass is 19.1. The molecule has 2 aromatic carbocycles. The average Bonchev–Trinajstić information content (AvgIpc) is 2.81. The Hall–Kier alpha value is -1.83. The summed E-state index contributed by atoms with van der Waals surface area (Å²) in [7, 11) is 0. The van der Waals surface area contributed by atoms with Crippen LogP contribution in [0.4, 0.5) is 4.39 Å². The van der Waals surface area contributed by atoms with Crippen molar-refractivity contribution in [3.8, 4) is 5.75 Å². The van der Waals surface area contributed by atoms with Crippen LogP contribution in [0.2, 0.25) is 0 Å². The quantitative estimate of drug-likeness (QED) is 0.281. The fraction of sp³-hybridized carbons (Fsp3) is 0.600. The van der Waals surface area contributed by atoms with Crippen molar-refractivity contribution in [2.24, 2.45) is 17.8 Å². The van der Waals surface area contributed by atoms with Gasteiger partial charge in [0.05, 0.1) is 0 Å². The van der Waals surface area contributed by atoms with Gasteiger partial charge < -0.3 is 4.74 Å². The van der Waals surface area contributed by atoms with Crippen molar-refractivity contribution in [1.29, 1.82) is 0 Å². The molecule has 0 aromatic heterocycles. The highest BCUT2D eigenvalue weighted by molar-refractivity contribution is 5.85. The second-order valence-electron chi connectivity index (χ2n) is 10.3. The molecule has 0 N–H and O–H groups in total. The minimum atomic E-state index is -0.264. The summed E-state index contributed by atoms with van der Waals surface area (Å²) in [6.07, 6.45) is 19.2. The molecule has 2 saturated carbocycles. The van der Waals surface area contributed by atoms with Crippen LogP contribution < -0.4 is 4.74 Å². The van der Waals surface area contributed by atoms with E-state index >= 15 is 0 Å². The molecule has 174 valence electrons. The fourth-order valence-electron chi connectivity index (χ4n) is 6.28. The number of ether oxygens (including phenoxy) is 1. The smallest absolute Gasteiger partial charge is 0.165 e. The van der Waals surface area contributed by atoms with Crippen molar-refractivity contribution in [2.75, 3.05) is 6.61 Å². The molecule has 2 aromatic rings. The molecule has 0 spiro atoms. The van der Waals surface area contributed by atoms with Crippen molar-refractivity contribution in [3.63, 3.8) is 0 Å². The summed E-state index contributed by atoms with van der Waals surface area (Å²) in [5.41, 5.74) is 1.40. The van der Waals surface area contributed by atoms with Crippen LogP contribution in [0.1, 0.15) is 96.0 Å². The Morgan fingerprint density at radius 1 is 0.938 bits per heavy atom. The van der Waals surface area contributed by atoms with Gasteiger partial charge in [0.1, 0.15) is 6.61 Å². The van der Waals surface area contributed by atoms with Crippen LogP contribution in [0.15, 0.2) is 42.5 Å². The molecule has 2 heteroatoms. The highest BCUT2D eigenvalue weighted by Crippen LogP contribution is 2.48. The molecule has 4 unspecified atom stereocenters. The predicted octanol–water partition coefficient (Wildman–Crippen LogP) is 9.20. The summed E-state index contributed by atoms with van der Waals surface area (Å²) in [5.74, 6) is 3.55. The Balaban J connectivity index is 1.37. The van der Waals surface area contributed by atoms with Crippen molar-refractivity contribution < 1.29 is 9.13 Å². The van der Waals surface area contributed by atoms with E-state index < -0.39 is 0 Å². The Morgan fingerprint density at radius 3 is 2.62 bits per heavy atom. The maximum Gasteiger partial charge on any atom is 0.165 e. The van der Waals surface area contributed by atoms with Gasteiger partial charge in [0.25, 0.3) is 0 Å². The van der Waals surface area contributed by atoms with Crippen LogP contribution >= 0.6 is 0 Å². The average molecular weight is 437 g/mol. The SMILES string of the molecule is CC=CCOc1cc2ccc(C3CCC4CC(CCCCCC)CCC4C3)cc2cc1F. The zero-order valence-corrected chi connectivity index (χ0v) is 20.1. The minimum absolute atomic E-state index is 0.264. The van der Waals surface area contributed by atoms with E-state index in [2.05, 4.69) is 25.1 Å². The third kappa shape index (κ3) is 5.74. The van der Waals surface area contributed by atoms with Crippen LogP contribution in [0, 0.1) is 23.6 Å². The van der Waals surface area contributed by atoms with Crippen LogP contribution in [0.25, 0.3) is 10.8 Å². The summed E-state index contributed by atoms with van der Waals surface area (Å²) in [6, 6.07) is 10.2. The third-order valence-corrected chi connectivity index (χ3v) is 8.14. The lowest BCUT2D eigenvalue weighted by Crippen LogP contribution is -2.30. The number of rotatable bonds is 9. The summed E-state index contributed by atoms with van der Waals surface area (Å²) in [4.78, 5) is 0. The van der Waals surface area contributed by atoms with E-state index in [0.717, 1.165) is 28.5 Å². The second kappa shape index (κ2) is 11.3. The lowest BCUT2D eigenvalue weighted by molar-refractivity contribution is 0.113. The molecule has 32 heavy (non-hydrogen) atoms. The normalized spacial score (nSPS) is 25.8. The van der Waals surface area contributed by atoms with Crippen LogP contribution in [0.5, 0.6) is 5.75 Å². The predicted molar refractivity (Wildman–Crippen MR) is 134 cm³/mol.